The van der Waals surface area contributed by atoms with Gasteiger partial charge in [0.05, 0.1) is 5.39 Å². The summed E-state index contributed by atoms with van der Waals surface area (Å²) in [6.45, 7) is 6.20. The van der Waals surface area contributed by atoms with Gasteiger partial charge in [0.15, 0.2) is 0 Å². The fourth-order valence-electron chi connectivity index (χ4n) is 3.34. The first-order chi connectivity index (χ1) is 15.9. The summed E-state index contributed by atoms with van der Waals surface area (Å²) < 4.78 is 16.6. The predicted octanol–water partition coefficient (Wildman–Crippen LogP) is 6.64. The highest BCUT2D eigenvalue weighted by atomic mass is 16.5. The largest absolute Gasteiger partial charge is 0.460 e. The summed E-state index contributed by atoms with van der Waals surface area (Å²) in [5.74, 6) is 0.847. The minimum atomic E-state index is -0.524. The number of fused-ring (bicyclic) bond motifs is 1. The van der Waals surface area contributed by atoms with E-state index in [1.54, 1.807) is 24.3 Å². The van der Waals surface area contributed by atoms with Crippen LogP contribution < -0.4 is 14.9 Å². The van der Waals surface area contributed by atoms with Crippen molar-refractivity contribution in [3.05, 3.63) is 106 Å². The highest BCUT2D eigenvalue weighted by Crippen LogP contribution is 2.24. The van der Waals surface area contributed by atoms with Crippen LogP contribution in [0.5, 0.6) is 17.2 Å². The molecule has 0 saturated carbocycles. The quantitative estimate of drug-likeness (QED) is 0.191. The van der Waals surface area contributed by atoms with Crippen LogP contribution in [0.4, 0.5) is 0 Å². The van der Waals surface area contributed by atoms with Gasteiger partial charge < -0.3 is 13.9 Å². The molecular weight excluding hydrogens is 416 g/mol. The zero-order valence-corrected chi connectivity index (χ0v) is 18.7. The number of hydrogen-bond acceptors (Lipinski definition) is 5. The summed E-state index contributed by atoms with van der Waals surface area (Å²) in [4.78, 5) is 25.0. The molecule has 0 atom stereocenters. The lowest BCUT2D eigenvalue weighted by Crippen LogP contribution is -2.06. The Hall–Kier alpha value is -4.12. The third-order valence-electron chi connectivity index (χ3n) is 5.17. The first-order valence-electron chi connectivity index (χ1n) is 10.7. The minimum absolute atomic E-state index is 0.0873. The lowest BCUT2D eigenvalue weighted by Gasteiger charge is -2.07. The molecule has 0 aliphatic heterocycles. The van der Waals surface area contributed by atoms with Crippen molar-refractivity contribution in [2.45, 2.75) is 26.7 Å². The second-order valence-electron chi connectivity index (χ2n) is 8.08. The molecule has 0 aliphatic carbocycles. The van der Waals surface area contributed by atoms with Crippen LogP contribution in [0.3, 0.4) is 0 Å². The number of aryl methyl sites for hydroxylation is 1. The van der Waals surface area contributed by atoms with Crippen LogP contribution in [0, 0.1) is 6.92 Å². The maximum absolute atomic E-state index is 12.8. The molecule has 1 heterocycles. The molecule has 33 heavy (non-hydrogen) atoms. The first kappa shape index (κ1) is 22.1. The third kappa shape index (κ3) is 5.39. The molecule has 0 aliphatic rings. The lowest BCUT2D eigenvalue weighted by molar-refractivity contribution is -0.128. The monoisotopic (exact) mass is 440 g/mol. The van der Waals surface area contributed by atoms with Crippen molar-refractivity contribution >= 4 is 23.0 Å². The molecule has 0 bridgehead atoms. The maximum atomic E-state index is 12.8. The topological polar surface area (TPSA) is 65.7 Å². The summed E-state index contributed by atoms with van der Waals surface area (Å²) in [6.07, 6.45) is 4.32. The van der Waals surface area contributed by atoms with Gasteiger partial charge >= 0.3 is 5.97 Å². The lowest BCUT2D eigenvalue weighted by atomic mass is 10.0. The molecule has 4 aromatic rings. The molecular formula is C28H24O5. The van der Waals surface area contributed by atoms with Crippen molar-refractivity contribution < 1.29 is 18.7 Å². The van der Waals surface area contributed by atoms with Crippen molar-refractivity contribution in [2.75, 3.05) is 0 Å². The number of carbonyl (C=O) groups is 1. The molecule has 0 saturated heterocycles. The second kappa shape index (κ2) is 9.57. The third-order valence-corrected chi connectivity index (χ3v) is 5.17. The standard InChI is InChI=1S/C28H24O5/c1-18(2)21-10-7-20(8-11-21)9-14-27(29)33-23-12-13-24-25(16-23)31-17-26(28(24)30)32-22-6-4-5-19(3)15-22/h4-18H,1-3H3/b14-9+. The number of ether oxygens (including phenoxy) is 2. The molecule has 166 valence electrons. The molecule has 5 nitrogen and oxygen atoms in total. The van der Waals surface area contributed by atoms with Crippen LogP contribution in [-0.2, 0) is 4.79 Å². The molecule has 0 unspecified atom stereocenters. The fraction of sp³-hybridized carbons (Fsp3) is 0.143. The summed E-state index contributed by atoms with van der Waals surface area (Å²) in [6, 6.07) is 20.0. The molecule has 0 N–H and O–H groups in total. The van der Waals surface area contributed by atoms with Crippen molar-refractivity contribution in [3.63, 3.8) is 0 Å². The molecule has 0 radical (unpaired) electrons. The Balaban J connectivity index is 1.47. The van der Waals surface area contributed by atoms with Crippen LogP contribution in [0.2, 0.25) is 0 Å². The van der Waals surface area contributed by atoms with E-state index in [9.17, 15) is 9.59 Å². The molecule has 4 rings (SSSR count). The van der Waals surface area contributed by atoms with E-state index in [-0.39, 0.29) is 16.9 Å². The van der Waals surface area contributed by atoms with Crippen molar-refractivity contribution in [1.82, 2.24) is 0 Å². The van der Waals surface area contributed by atoms with E-state index in [0.717, 1.165) is 11.1 Å². The van der Waals surface area contributed by atoms with Crippen molar-refractivity contribution in [1.29, 1.82) is 0 Å². The number of benzene rings is 3. The summed E-state index contributed by atoms with van der Waals surface area (Å²) >= 11 is 0. The average molecular weight is 440 g/mol. The van der Waals surface area contributed by atoms with Crippen LogP contribution in [0.1, 0.15) is 36.5 Å². The smallest absolute Gasteiger partial charge is 0.336 e. The van der Waals surface area contributed by atoms with E-state index < -0.39 is 5.97 Å². The average Bonchev–Trinajstić information content (AvgIpc) is 2.80. The molecule has 5 heteroatoms. The Labute approximate surface area is 191 Å². The van der Waals surface area contributed by atoms with Crippen LogP contribution in [-0.4, -0.2) is 5.97 Å². The van der Waals surface area contributed by atoms with E-state index in [2.05, 4.69) is 13.8 Å². The van der Waals surface area contributed by atoms with Gasteiger partial charge in [0.25, 0.3) is 0 Å². The van der Waals surface area contributed by atoms with Gasteiger partial charge in [-0.15, -0.1) is 0 Å². The van der Waals surface area contributed by atoms with Gasteiger partial charge in [-0.2, -0.15) is 0 Å². The van der Waals surface area contributed by atoms with Gasteiger partial charge in [-0.25, -0.2) is 4.79 Å². The van der Waals surface area contributed by atoms with Crippen LogP contribution in [0.25, 0.3) is 17.0 Å². The Morgan fingerprint density at radius 1 is 0.970 bits per heavy atom. The molecule has 3 aromatic carbocycles. The summed E-state index contributed by atoms with van der Waals surface area (Å²) in [5, 5.41) is 0.334. The number of rotatable bonds is 6. The number of esters is 1. The van der Waals surface area contributed by atoms with Crippen LogP contribution >= 0.6 is 0 Å². The van der Waals surface area contributed by atoms with Gasteiger partial charge in [-0.1, -0.05) is 50.2 Å². The van der Waals surface area contributed by atoms with Gasteiger partial charge in [0, 0.05) is 12.1 Å². The predicted molar refractivity (Wildman–Crippen MR) is 129 cm³/mol. The van der Waals surface area contributed by atoms with Crippen molar-refractivity contribution in [3.8, 4) is 17.2 Å². The molecule has 1 aromatic heterocycles. The van der Waals surface area contributed by atoms with Gasteiger partial charge in [-0.3, -0.25) is 4.79 Å². The SMILES string of the molecule is Cc1cccc(Oc2coc3cc(OC(=O)/C=C/c4ccc(C(C)C)cc4)ccc3c2=O)c1. The highest BCUT2D eigenvalue weighted by molar-refractivity contribution is 5.89. The molecule has 0 fully saturated rings. The fourth-order valence-corrected chi connectivity index (χ4v) is 3.34. The van der Waals surface area contributed by atoms with E-state index in [1.807, 2.05) is 49.4 Å². The van der Waals surface area contributed by atoms with Crippen LogP contribution in [0.15, 0.2) is 88.3 Å². The summed E-state index contributed by atoms with van der Waals surface area (Å²) in [5.41, 5.74) is 3.16. The zero-order valence-electron chi connectivity index (χ0n) is 18.7. The molecule has 0 amide bonds. The van der Waals surface area contributed by atoms with Gasteiger partial charge in [-0.05, 0) is 59.9 Å². The van der Waals surface area contributed by atoms with Gasteiger partial charge in [0.2, 0.25) is 11.2 Å². The summed E-state index contributed by atoms with van der Waals surface area (Å²) in [7, 11) is 0. The Morgan fingerprint density at radius 3 is 2.48 bits per heavy atom. The van der Waals surface area contributed by atoms with E-state index in [1.165, 1.54) is 24.0 Å². The molecule has 0 spiro atoms. The van der Waals surface area contributed by atoms with E-state index in [4.69, 9.17) is 13.9 Å². The highest BCUT2D eigenvalue weighted by Gasteiger charge is 2.11. The Kier molecular flexibility index (Phi) is 6.41. The minimum Gasteiger partial charge on any atom is -0.460 e. The van der Waals surface area contributed by atoms with E-state index in [0.29, 0.717) is 22.6 Å². The normalized spacial score (nSPS) is 11.3. The van der Waals surface area contributed by atoms with Crippen molar-refractivity contribution in [2.24, 2.45) is 0 Å². The number of carbonyl (C=O) groups excluding carboxylic acids is 1. The zero-order chi connectivity index (χ0) is 23.4. The Bertz CT molecular complexity index is 1380. The second-order valence-corrected chi connectivity index (χ2v) is 8.08. The first-order valence-corrected chi connectivity index (χ1v) is 10.7. The number of hydrogen-bond donors (Lipinski definition) is 0. The Morgan fingerprint density at radius 2 is 1.76 bits per heavy atom. The van der Waals surface area contributed by atoms with E-state index >= 15 is 0 Å². The maximum Gasteiger partial charge on any atom is 0.336 e. The van der Waals surface area contributed by atoms with Gasteiger partial charge in [0.1, 0.15) is 23.3 Å².